The summed E-state index contributed by atoms with van der Waals surface area (Å²) in [5.41, 5.74) is 7.56. The molecule has 0 aliphatic carbocycles. The molecule has 1 heterocycles. The highest BCUT2D eigenvalue weighted by Gasteiger charge is 2.12. The second-order valence-corrected chi connectivity index (χ2v) is 4.19. The zero-order chi connectivity index (χ0) is 13.2. The first-order valence-electron chi connectivity index (χ1n) is 5.88. The van der Waals surface area contributed by atoms with Gasteiger partial charge in [0.15, 0.2) is 5.76 Å². The fourth-order valence-electron chi connectivity index (χ4n) is 1.89. The highest BCUT2D eigenvalue weighted by Crippen LogP contribution is 2.21. The molecule has 19 heavy (non-hydrogen) atoms. The molecule has 0 unspecified atom stereocenters. The van der Waals surface area contributed by atoms with Crippen LogP contribution in [0, 0.1) is 0 Å². The number of amides is 1. The number of carbonyl (C=O) groups excluding carboxylic acids is 1. The van der Waals surface area contributed by atoms with Crippen LogP contribution in [0.2, 0.25) is 0 Å². The Morgan fingerprint density at radius 1 is 1.05 bits per heavy atom. The lowest BCUT2D eigenvalue weighted by molar-refractivity contribution is 0.0999. The summed E-state index contributed by atoms with van der Waals surface area (Å²) in [6.07, 6.45) is 0. The van der Waals surface area contributed by atoms with Gasteiger partial charge in [-0.1, -0.05) is 30.3 Å². The van der Waals surface area contributed by atoms with Gasteiger partial charge in [-0.25, -0.2) is 0 Å². The van der Waals surface area contributed by atoms with Crippen LogP contribution < -0.4 is 11.1 Å². The molecule has 1 amide bonds. The zero-order valence-corrected chi connectivity index (χ0v) is 10.1. The maximum absolute atomic E-state index is 12.1. The topological polar surface area (TPSA) is 68.3 Å². The summed E-state index contributed by atoms with van der Waals surface area (Å²) in [6, 6.07) is 16.3. The maximum Gasteiger partial charge on any atom is 0.291 e. The van der Waals surface area contributed by atoms with Crippen molar-refractivity contribution in [3.63, 3.8) is 0 Å². The normalized spacial score (nSPS) is 10.5. The van der Waals surface area contributed by atoms with E-state index in [1.54, 1.807) is 18.2 Å². The molecule has 3 rings (SSSR count). The molecule has 94 valence electrons. The lowest BCUT2D eigenvalue weighted by atomic mass is 10.2. The molecule has 0 radical (unpaired) electrons. The van der Waals surface area contributed by atoms with Crippen LogP contribution in [-0.2, 0) is 0 Å². The van der Waals surface area contributed by atoms with Crippen molar-refractivity contribution < 1.29 is 9.21 Å². The van der Waals surface area contributed by atoms with Gasteiger partial charge in [0.2, 0.25) is 0 Å². The Hall–Kier alpha value is -2.75. The van der Waals surface area contributed by atoms with Gasteiger partial charge in [0.1, 0.15) is 5.58 Å². The Balaban J connectivity index is 1.90. The number of rotatable bonds is 2. The van der Waals surface area contributed by atoms with E-state index < -0.39 is 0 Å². The minimum atomic E-state index is -0.311. The monoisotopic (exact) mass is 252 g/mol. The van der Waals surface area contributed by atoms with Crippen LogP contribution in [0.5, 0.6) is 0 Å². The van der Waals surface area contributed by atoms with Crippen LogP contribution >= 0.6 is 0 Å². The van der Waals surface area contributed by atoms with Gasteiger partial charge in [0, 0.05) is 5.39 Å². The molecule has 4 nitrogen and oxygen atoms in total. The molecule has 0 spiro atoms. The van der Waals surface area contributed by atoms with Crippen molar-refractivity contribution >= 4 is 28.3 Å². The van der Waals surface area contributed by atoms with Crippen molar-refractivity contribution in [2.24, 2.45) is 0 Å². The number of hydrogen-bond donors (Lipinski definition) is 2. The first kappa shape index (κ1) is 11.3. The minimum Gasteiger partial charge on any atom is -0.451 e. The summed E-state index contributed by atoms with van der Waals surface area (Å²) < 4.78 is 5.49. The van der Waals surface area contributed by atoms with Gasteiger partial charge in [-0.2, -0.15) is 0 Å². The van der Waals surface area contributed by atoms with E-state index in [9.17, 15) is 4.79 Å². The summed E-state index contributed by atoms with van der Waals surface area (Å²) in [6.45, 7) is 0. The number of hydrogen-bond acceptors (Lipinski definition) is 3. The first-order valence-corrected chi connectivity index (χ1v) is 5.88. The van der Waals surface area contributed by atoms with Gasteiger partial charge in [0.05, 0.1) is 11.4 Å². The fraction of sp³-hybridized carbons (Fsp3) is 0. The van der Waals surface area contributed by atoms with Gasteiger partial charge < -0.3 is 15.5 Å². The van der Waals surface area contributed by atoms with Crippen LogP contribution in [0.4, 0.5) is 11.4 Å². The molecular formula is C15H12N2O2. The second-order valence-electron chi connectivity index (χ2n) is 4.19. The molecule has 3 aromatic rings. The summed E-state index contributed by atoms with van der Waals surface area (Å²) in [4.78, 5) is 12.1. The van der Waals surface area contributed by atoms with E-state index in [1.165, 1.54) is 0 Å². The molecule has 0 atom stereocenters. The largest absolute Gasteiger partial charge is 0.451 e. The van der Waals surface area contributed by atoms with E-state index in [0.717, 1.165) is 5.39 Å². The molecule has 0 bridgehead atoms. The minimum absolute atomic E-state index is 0.268. The summed E-state index contributed by atoms with van der Waals surface area (Å²) in [5.74, 6) is -0.0430. The van der Waals surface area contributed by atoms with Crippen molar-refractivity contribution in [1.82, 2.24) is 0 Å². The van der Waals surface area contributed by atoms with E-state index in [0.29, 0.717) is 17.0 Å². The lowest BCUT2D eigenvalue weighted by Crippen LogP contribution is -2.12. The van der Waals surface area contributed by atoms with Crippen molar-refractivity contribution in [2.75, 3.05) is 11.1 Å². The molecule has 1 aromatic heterocycles. The Morgan fingerprint density at radius 2 is 1.79 bits per heavy atom. The Kier molecular flexibility index (Phi) is 2.68. The first-order chi connectivity index (χ1) is 9.24. The van der Waals surface area contributed by atoms with Gasteiger partial charge in [0.25, 0.3) is 5.91 Å². The van der Waals surface area contributed by atoms with E-state index in [2.05, 4.69) is 5.32 Å². The average molecular weight is 252 g/mol. The van der Waals surface area contributed by atoms with E-state index in [-0.39, 0.29) is 11.7 Å². The number of nitrogens with two attached hydrogens (primary N) is 1. The third-order valence-corrected chi connectivity index (χ3v) is 2.86. The number of para-hydroxylation sites is 3. The highest BCUT2D eigenvalue weighted by atomic mass is 16.3. The number of carbonyl (C=O) groups is 1. The molecule has 0 fully saturated rings. The predicted octanol–water partition coefficient (Wildman–Crippen LogP) is 3.27. The summed E-state index contributed by atoms with van der Waals surface area (Å²) in [7, 11) is 0. The number of fused-ring (bicyclic) bond motifs is 1. The molecule has 3 N–H and O–H groups in total. The van der Waals surface area contributed by atoms with Crippen LogP contribution in [-0.4, -0.2) is 5.91 Å². The average Bonchev–Trinajstić information content (AvgIpc) is 2.85. The van der Waals surface area contributed by atoms with Crippen LogP contribution in [0.15, 0.2) is 59.0 Å². The van der Waals surface area contributed by atoms with Gasteiger partial charge in [-0.05, 0) is 24.3 Å². The fourth-order valence-corrected chi connectivity index (χ4v) is 1.89. The van der Waals surface area contributed by atoms with Gasteiger partial charge in [-0.3, -0.25) is 4.79 Å². The third-order valence-electron chi connectivity index (χ3n) is 2.86. The summed E-state index contributed by atoms with van der Waals surface area (Å²) in [5, 5.41) is 3.63. The second kappa shape index (κ2) is 4.49. The predicted molar refractivity (Wildman–Crippen MR) is 75.0 cm³/mol. The Labute approximate surface area is 109 Å². The van der Waals surface area contributed by atoms with Crippen molar-refractivity contribution in [1.29, 1.82) is 0 Å². The standard InChI is InChI=1S/C15H12N2O2/c16-11-6-2-3-7-12(11)17-15(18)14-9-10-5-1-4-8-13(10)19-14/h1-9H,16H2,(H,17,18). The highest BCUT2D eigenvalue weighted by molar-refractivity contribution is 6.05. The number of nitrogen functional groups attached to an aromatic ring is 1. The summed E-state index contributed by atoms with van der Waals surface area (Å²) >= 11 is 0. The smallest absolute Gasteiger partial charge is 0.291 e. The molecule has 4 heteroatoms. The van der Waals surface area contributed by atoms with Gasteiger partial charge >= 0.3 is 0 Å². The Bertz CT molecular complexity index is 713. The maximum atomic E-state index is 12.1. The number of nitrogens with one attached hydrogen (secondary N) is 1. The quantitative estimate of drug-likeness (QED) is 0.688. The van der Waals surface area contributed by atoms with Crippen molar-refractivity contribution in [3.05, 3.63) is 60.4 Å². The van der Waals surface area contributed by atoms with Crippen molar-refractivity contribution in [2.45, 2.75) is 0 Å². The lowest BCUT2D eigenvalue weighted by Gasteiger charge is -2.05. The molecule has 0 aliphatic heterocycles. The van der Waals surface area contributed by atoms with E-state index >= 15 is 0 Å². The van der Waals surface area contributed by atoms with E-state index in [4.69, 9.17) is 10.2 Å². The van der Waals surface area contributed by atoms with Crippen LogP contribution in [0.25, 0.3) is 11.0 Å². The molecule has 0 saturated heterocycles. The molecule has 0 aliphatic rings. The van der Waals surface area contributed by atoms with E-state index in [1.807, 2.05) is 36.4 Å². The zero-order valence-electron chi connectivity index (χ0n) is 10.1. The number of benzene rings is 2. The van der Waals surface area contributed by atoms with Crippen LogP contribution in [0.1, 0.15) is 10.6 Å². The van der Waals surface area contributed by atoms with Crippen LogP contribution in [0.3, 0.4) is 0 Å². The molecular weight excluding hydrogens is 240 g/mol. The Morgan fingerprint density at radius 3 is 2.58 bits per heavy atom. The van der Waals surface area contributed by atoms with Gasteiger partial charge in [-0.15, -0.1) is 0 Å². The third kappa shape index (κ3) is 2.15. The molecule has 0 saturated carbocycles. The van der Waals surface area contributed by atoms with Crippen molar-refractivity contribution in [3.8, 4) is 0 Å². The number of anilines is 2. The SMILES string of the molecule is Nc1ccccc1NC(=O)c1cc2ccccc2o1. The number of furan rings is 1. The molecule has 2 aromatic carbocycles.